The number of nitrogens with one attached hydrogen (secondary N) is 4. The summed E-state index contributed by atoms with van der Waals surface area (Å²) in [6, 6.07) is 10.9. The smallest absolute Gasteiger partial charge is 0.246 e. The Hall–Kier alpha value is -5.34. The van der Waals surface area contributed by atoms with Crippen LogP contribution in [0.4, 0.5) is 17.3 Å². The third-order valence-corrected chi connectivity index (χ3v) is 15.0. The minimum absolute atomic E-state index is 0.0160. The quantitative estimate of drug-likeness (QED) is 0.0399. The lowest BCUT2D eigenvalue weighted by molar-refractivity contribution is -0.144. The topological polar surface area (TPSA) is 251 Å². The molecule has 0 saturated carbocycles. The highest BCUT2D eigenvalue weighted by molar-refractivity contribution is 7.99. The van der Waals surface area contributed by atoms with Gasteiger partial charge in [0.05, 0.1) is 45.1 Å². The second-order valence-corrected chi connectivity index (χ2v) is 21.7. The number of β-amino-alcohol motifs (C(OH)–C–C–N with tert-alkyl or cyclic N) is 1. The number of aliphatic hydroxyl groups is 1. The molecule has 0 bridgehead atoms. The second kappa shape index (κ2) is 23.5. The summed E-state index contributed by atoms with van der Waals surface area (Å²) in [5.41, 5.74) is 16.7. The monoisotopic (exact) mass is 1000 g/mol. The molecule has 5 amide bonds. The Kier molecular flexibility index (Phi) is 18.1. The molecular formula is C49H66ClN11O6S2. The van der Waals surface area contributed by atoms with E-state index in [1.54, 1.807) is 35.7 Å². The molecule has 4 aromatic rings. The number of benzene rings is 2. The highest BCUT2D eigenvalue weighted by Crippen LogP contribution is 2.39. The first-order chi connectivity index (χ1) is 32.7. The van der Waals surface area contributed by atoms with Crippen molar-refractivity contribution in [3.8, 4) is 10.4 Å². The zero-order valence-corrected chi connectivity index (χ0v) is 42.7. The van der Waals surface area contributed by atoms with Gasteiger partial charge in [0, 0.05) is 49.5 Å². The van der Waals surface area contributed by atoms with Gasteiger partial charge in [0.2, 0.25) is 29.5 Å². The molecule has 2 fully saturated rings. The Balaban J connectivity index is 0.888. The van der Waals surface area contributed by atoms with Crippen molar-refractivity contribution in [1.29, 1.82) is 0 Å². The minimum Gasteiger partial charge on any atom is -0.391 e. The number of unbranched alkanes of at least 4 members (excludes halogenated alkanes) is 3. The molecule has 0 spiro atoms. The molecule has 4 unspecified atom stereocenters. The molecule has 0 radical (unpaired) electrons. The molecule has 2 aliphatic rings. The van der Waals surface area contributed by atoms with E-state index in [0.717, 1.165) is 54.0 Å². The van der Waals surface area contributed by atoms with Crippen LogP contribution in [-0.2, 0) is 24.0 Å². The van der Waals surface area contributed by atoms with Gasteiger partial charge in [-0.15, -0.1) is 11.3 Å². The lowest BCUT2D eigenvalue weighted by Crippen LogP contribution is -2.57. The van der Waals surface area contributed by atoms with Gasteiger partial charge in [-0.2, -0.15) is 0 Å². The Morgan fingerprint density at radius 3 is 2.36 bits per heavy atom. The van der Waals surface area contributed by atoms with E-state index >= 15 is 0 Å². The molecular weight excluding hydrogens is 938 g/mol. The molecule has 2 aromatic carbocycles. The predicted molar refractivity (Wildman–Crippen MR) is 272 cm³/mol. The number of thiazole rings is 1. The first kappa shape index (κ1) is 53.0. The molecule has 4 heterocycles. The second-order valence-electron chi connectivity index (χ2n) is 19.4. The number of hydrogen-bond acceptors (Lipinski definition) is 14. The average molecular weight is 1000 g/mol. The van der Waals surface area contributed by atoms with Crippen molar-refractivity contribution in [3.63, 3.8) is 0 Å². The fourth-order valence-electron chi connectivity index (χ4n) is 8.29. The Morgan fingerprint density at radius 2 is 1.70 bits per heavy atom. The number of aromatic nitrogens is 3. The number of anilines is 3. The number of nitrogens with two attached hydrogens (primary N) is 2. The van der Waals surface area contributed by atoms with E-state index in [0.29, 0.717) is 47.2 Å². The number of likely N-dealkylation sites (tertiary alicyclic amines) is 1. The van der Waals surface area contributed by atoms with Gasteiger partial charge in [0.25, 0.3) is 0 Å². The van der Waals surface area contributed by atoms with Crippen LogP contribution in [-0.4, -0.2) is 104 Å². The molecule has 4 atom stereocenters. The lowest BCUT2D eigenvalue weighted by atomic mass is 9.85. The van der Waals surface area contributed by atoms with Gasteiger partial charge in [-0.05, 0) is 75.1 Å². The number of carbonyl (C=O) groups excluding carboxylic acids is 5. The van der Waals surface area contributed by atoms with Gasteiger partial charge in [-0.1, -0.05) is 87.3 Å². The number of aryl methyl sites for hydroxylation is 1. The summed E-state index contributed by atoms with van der Waals surface area (Å²) in [6.07, 6.45) is 4.97. The van der Waals surface area contributed by atoms with Crippen LogP contribution in [0, 0.1) is 12.3 Å². The first-order valence-corrected chi connectivity index (χ1v) is 25.5. The molecule has 2 aromatic heterocycles. The van der Waals surface area contributed by atoms with E-state index in [1.807, 2.05) is 71.3 Å². The third kappa shape index (κ3) is 14.6. The molecule has 2 aliphatic heterocycles. The van der Waals surface area contributed by atoms with E-state index in [9.17, 15) is 29.1 Å². The Morgan fingerprint density at radius 1 is 0.986 bits per heavy atom. The minimum atomic E-state index is -0.927. The van der Waals surface area contributed by atoms with Gasteiger partial charge in [-0.3, -0.25) is 24.0 Å². The maximum absolute atomic E-state index is 14.1. The van der Waals surface area contributed by atoms with E-state index in [4.69, 9.17) is 23.1 Å². The number of carbonyl (C=O) groups is 5. The van der Waals surface area contributed by atoms with Crippen molar-refractivity contribution in [3.05, 3.63) is 70.5 Å². The molecule has 9 N–H and O–H groups in total. The van der Waals surface area contributed by atoms with Crippen molar-refractivity contribution in [2.75, 3.05) is 42.1 Å². The Bertz CT molecular complexity index is 2450. The van der Waals surface area contributed by atoms with Crippen LogP contribution < -0.4 is 37.6 Å². The van der Waals surface area contributed by atoms with Gasteiger partial charge < -0.3 is 47.6 Å². The summed E-state index contributed by atoms with van der Waals surface area (Å²) in [4.78, 5) is 85.0. The molecule has 372 valence electrons. The van der Waals surface area contributed by atoms with Crippen molar-refractivity contribution in [2.45, 2.75) is 139 Å². The summed E-state index contributed by atoms with van der Waals surface area (Å²) in [5, 5.41) is 22.8. The van der Waals surface area contributed by atoms with Crippen molar-refractivity contribution >= 4 is 81.6 Å². The number of rotatable bonds is 19. The Labute approximate surface area is 417 Å². The van der Waals surface area contributed by atoms with Crippen LogP contribution >= 0.6 is 34.7 Å². The molecule has 20 heteroatoms. The molecule has 17 nitrogen and oxygen atoms in total. The van der Waals surface area contributed by atoms with Crippen molar-refractivity contribution < 1.29 is 29.1 Å². The number of piperidine rings is 1. The largest absolute Gasteiger partial charge is 0.391 e. The maximum Gasteiger partial charge on any atom is 0.246 e. The summed E-state index contributed by atoms with van der Waals surface area (Å²) < 4.78 is 0. The summed E-state index contributed by atoms with van der Waals surface area (Å²) in [6.45, 7) is 13.3. The molecule has 0 aliphatic carbocycles. The van der Waals surface area contributed by atoms with Crippen LogP contribution in [0.25, 0.3) is 10.4 Å². The third-order valence-electron chi connectivity index (χ3n) is 12.5. The van der Waals surface area contributed by atoms with Gasteiger partial charge in [0.15, 0.2) is 5.82 Å². The zero-order chi connectivity index (χ0) is 50.0. The standard InChI is InChI=1S/C49H66ClN11O6S2/c1-29(31-15-17-32(18-16-31)42-30(2)55-28-68-42)56-45(66)35-24-33(62)27-61(35)47(67)43(48(3,4)5)59-38(63)14-9-7-8-10-21-53-39(64)25-40(65)57-34-12-11-13-36(41(34)50)69-46-44(51)58-37(26-54-46)60-22-19-49(6,52)20-23-60/h11-13,15-18,26,28-29,33,35,43,62H,7-10,14,19-25,27,52H2,1-6H3,(H2,51,58)(H,53,64)(H,56,66)(H,57,65)(H,59,63). The highest BCUT2D eigenvalue weighted by atomic mass is 35.5. The van der Waals surface area contributed by atoms with E-state index in [1.165, 1.54) is 16.7 Å². The van der Waals surface area contributed by atoms with E-state index < -0.39 is 47.7 Å². The van der Waals surface area contributed by atoms with E-state index in [-0.39, 0.29) is 53.6 Å². The molecule has 6 rings (SSSR count). The molecule has 2 saturated heterocycles. The number of halogens is 1. The van der Waals surface area contributed by atoms with Crippen molar-refractivity contribution in [1.82, 2.24) is 35.8 Å². The van der Waals surface area contributed by atoms with Crippen LogP contribution in [0.1, 0.15) is 110 Å². The van der Waals surface area contributed by atoms with Gasteiger partial charge >= 0.3 is 0 Å². The van der Waals surface area contributed by atoms with Crippen LogP contribution in [0.3, 0.4) is 0 Å². The van der Waals surface area contributed by atoms with Crippen LogP contribution in [0.2, 0.25) is 5.02 Å². The fraction of sp³-hybridized carbons (Fsp3) is 0.510. The number of nitrogen functional groups attached to an aromatic ring is 1. The summed E-state index contributed by atoms with van der Waals surface area (Å²) in [7, 11) is 0. The van der Waals surface area contributed by atoms with Crippen LogP contribution in [0.5, 0.6) is 0 Å². The number of amides is 5. The highest BCUT2D eigenvalue weighted by Gasteiger charge is 2.44. The van der Waals surface area contributed by atoms with Crippen molar-refractivity contribution in [2.24, 2.45) is 11.1 Å². The first-order valence-electron chi connectivity index (χ1n) is 23.5. The maximum atomic E-state index is 14.1. The van der Waals surface area contributed by atoms with Crippen LogP contribution in [0.15, 0.2) is 64.1 Å². The number of nitrogens with zero attached hydrogens (tertiary/aromatic N) is 5. The lowest BCUT2D eigenvalue weighted by Gasteiger charge is -2.37. The average Bonchev–Trinajstić information content (AvgIpc) is 3.91. The fourth-order valence-corrected chi connectivity index (χ4v) is 10.2. The summed E-state index contributed by atoms with van der Waals surface area (Å²) in [5.74, 6) is -1.10. The van der Waals surface area contributed by atoms with Gasteiger partial charge in [0.1, 0.15) is 29.3 Å². The molecule has 69 heavy (non-hydrogen) atoms. The summed E-state index contributed by atoms with van der Waals surface area (Å²) >= 11 is 9.47. The number of aliphatic hydroxyl groups excluding tert-OH is 1. The predicted octanol–water partition coefficient (Wildman–Crippen LogP) is 6.38. The normalized spacial score (nSPS) is 17.8. The van der Waals surface area contributed by atoms with Gasteiger partial charge in [-0.25, -0.2) is 15.0 Å². The van der Waals surface area contributed by atoms with E-state index in [2.05, 4.69) is 41.1 Å². The number of hydrogen-bond donors (Lipinski definition) is 7. The SMILES string of the molecule is Cc1ncsc1-c1ccc(C(C)NC(=O)C2CC(O)CN2C(=O)C(NC(=O)CCCCCCNC(=O)CC(=O)Nc2cccc(Sc3ncc(N4CCC(C)(N)CC4)nc3N)c2Cl)C(C)(C)C)cc1. The zero-order valence-electron chi connectivity index (χ0n) is 40.3.